The van der Waals surface area contributed by atoms with Gasteiger partial charge in [0.15, 0.2) is 0 Å². The van der Waals surface area contributed by atoms with Crippen LogP contribution in [0.15, 0.2) is 24.3 Å². The minimum Gasteiger partial charge on any atom is -0.395 e. The lowest BCUT2D eigenvalue weighted by molar-refractivity contribution is 0.185. The van der Waals surface area contributed by atoms with Crippen LogP contribution in [-0.4, -0.2) is 68.0 Å². The van der Waals surface area contributed by atoms with E-state index in [-0.39, 0.29) is 18.1 Å². The molecule has 6 nitrogen and oxygen atoms in total. The number of carbonyl (C=O) groups is 1. The van der Waals surface area contributed by atoms with Gasteiger partial charge in [-0.1, -0.05) is 13.8 Å². The molecule has 0 unspecified atom stereocenters. The molecule has 4 aliphatic heterocycles. The highest BCUT2D eigenvalue weighted by Crippen LogP contribution is 2.43. The molecular weight excluding hydrogens is 364 g/mol. The van der Waals surface area contributed by atoms with Crippen LogP contribution in [0.4, 0.5) is 16.2 Å². The number of nitrogens with one attached hydrogen (secondary N) is 1. The van der Waals surface area contributed by atoms with E-state index in [1.54, 1.807) is 0 Å². The third-order valence-corrected chi connectivity index (χ3v) is 7.00. The number of rotatable bonds is 4. The van der Waals surface area contributed by atoms with Crippen molar-refractivity contribution in [2.75, 3.05) is 55.7 Å². The van der Waals surface area contributed by atoms with Crippen LogP contribution in [0.5, 0.6) is 0 Å². The van der Waals surface area contributed by atoms with Crippen LogP contribution >= 0.6 is 0 Å². The van der Waals surface area contributed by atoms with E-state index in [4.69, 9.17) is 5.11 Å². The van der Waals surface area contributed by atoms with Gasteiger partial charge in [-0.25, -0.2) is 4.79 Å². The lowest BCUT2D eigenvalue weighted by atomic mass is 9.73. The third kappa shape index (κ3) is 4.32. The first kappa shape index (κ1) is 20.3. The van der Waals surface area contributed by atoms with Crippen molar-refractivity contribution < 1.29 is 9.90 Å². The van der Waals surface area contributed by atoms with E-state index < -0.39 is 0 Å². The Balaban J connectivity index is 1.52. The summed E-state index contributed by atoms with van der Waals surface area (Å²) in [6, 6.07) is 9.35. The van der Waals surface area contributed by atoms with Crippen molar-refractivity contribution in [3.63, 3.8) is 0 Å². The predicted molar refractivity (Wildman–Crippen MR) is 118 cm³/mol. The van der Waals surface area contributed by atoms with E-state index in [1.807, 2.05) is 4.90 Å². The minimum absolute atomic E-state index is 0.0204. The average molecular weight is 401 g/mol. The monoisotopic (exact) mass is 400 g/mol. The Bertz CT molecular complexity index is 699. The molecule has 0 aliphatic carbocycles. The highest BCUT2D eigenvalue weighted by Gasteiger charge is 2.46. The molecule has 6 heteroatoms. The number of piperidine rings is 2. The number of anilines is 2. The van der Waals surface area contributed by atoms with Gasteiger partial charge in [-0.2, -0.15) is 0 Å². The van der Waals surface area contributed by atoms with Gasteiger partial charge >= 0.3 is 6.03 Å². The molecule has 1 aromatic carbocycles. The summed E-state index contributed by atoms with van der Waals surface area (Å²) in [7, 11) is 0. The van der Waals surface area contributed by atoms with Crippen molar-refractivity contribution >= 4 is 17.4 Å². The van der Waals surface area contributed by atoms with Crippen molar-refractivity contribution in [1.29, 1.82) is 0 Å². The van der Waals surface area contributed by atoms with Gasteiger partial charge in [0.2, 0.25) is 0 Å². The quantitative estimate of drug-likeness (QED) is 0.816. The summed E-state index contributed by atoms with van der Waals surface area (Å²) in [5.74, 6) is 0.463. The molecule has 160 valence electrons. The molecule has 4 aliphatic rings. The molecule has 4 fully saturated rings. The van der Waals surface area contributed by atoms with E-state index >= 15 is 0 Å². The number of aliphatic hydroxyl groups is 1. The van der Waals surface area contributed by atoms with Crippen LogP contribution in [0, 0.1) is 11.3 Å². The van der Waals surface area contributed by atoms with Gasteiger partial charge < -0.3 is 25.1 Å². The highest BCUT2D eigenvalue weighted by atomic mass is 16.3. The minimum atomic E-state index is -0.0472. The van der Waals surface area contributed by atoms with Crippen molar-refractivity contribution in [2.24, 2.45) is 11.3 Å². The Morgan fingerprint density at radius 1 is 1.07 bits per heavy atom. The molecule has 0 spiro atoms. The number of aliphatic hydroxyl groups excluding tert-OH is 1. The number of hydrogen-bond acceptors (Lipinski definition) is 4. The van der Waals surface area contributed by atoms with Crippen LogP contribution in [0.1, 0.15) is 39.5 Å². The third-order valence-electron chi connectivity index (χ3n) is 7.00. The van der Waals surface area contributed by atoms with Gasteiger partial charge in [-0.15, -0.1) is 0 Å². The second-order valence-corrected chi connectivity index (χ2v) is 9.65. The van der Waals surface area contributed by atoms with Crippen molar-refractivity contribution in [2.45, 2.75) is 45.6 Å². The first-order valence-electron chi connectivity index (χ1n) is 11.2. The molecule has 1 aromatic rings. The van der Waals surface area contributed by atoms with E-state index in [0.29, 0.717) is 18.5 Å². The maximum absolute atomic E-state index is 12.6. The zero-order chi connectivity index (χ0) is 20.4. The molecular formula is C23H36N4O2. The average Bonchev–Trinajstić information content (AvgIpc) is 3.00. The number of benzene rings is 1. The Morgan fingerprint density at radius 3 is 2.45 bits per heavy atom. The Hall–Kier alpha value is -1.95. The summed E-state index contributed by atoms with van der Waals surface area (Å²) < 4.78 is 0. The lowest BCUT2D eigenvalue weighted by Crippen LogP contribution is -2.54. The maximum atomic E-state index is 12.6. The molecule has 4 heterocycles. The van der Waals surface area contributed by atoms with Crippen LogP contribution in [-0.2, 0) is 0 Å². The molecule has 0 aromatic heterocycles. The molecule has 2 amide bonds. The second-order valence-electron chi connectivity index (χ2n) is 9.65. The molecule has 2 atom stereocenters. The van der Waals surface area contributed by atoms with Gasteiger partial charge in [0, 0.05) is 50.6 Å². The first-order chi connectivity index (χ1) is 14.0. The summed E-state index contributed by atoms with van der Waals surface area (Å²) in [6.07, 6.45) is 5.08. The van der Waals surface area contributed by atoms with Crippen LogP contribution in [0.3, 0.4) is 0 Å². The van der Waals surface area contributed by atoms with E-state index in [1.165, 1.54) is 43.7 Å². The zero-order valence-electron chi connectivity index (χ0n) is 17.9. The van der Waals surface area contributed by atoms with Crippen molar-refractivity contribution in [3.05, 3.63) is 24.3 Å². The van der Waals surface area contributed by atoms with Crippen molar-refractivity contribution in [3.8, 4) is 0 Å². The van der Waals surface area contributed by atoms with Gasteiger partial charge in [-0.3, -0.25) is 0 Å². The lowest BCUT2D eigenvalue weighted by Gasteiger charge is -2.48. The van der Waals surface area contributed by atoms with Gasteiger partial charge in [0.25, 0.3) is 0 Å². The van der Waals surface area contributed by atoms with E-state index in [9.17, 15) is 4.79 Å². The Morgan fingerprint density at radius 2 is 1.76 bits per heavy atom. The summed E-state index contributed by atoms with van der Waals surface area (Å²) >= 11 is 0. The number of nitrogens with zero attached hydrogens (tertiary/aromatic N) is 3. The molecule has 0 saturated carbocycles. The Labute approximate surface area is 174 Å². The van der Waals surface area contributed by atoms with Crippen LogP contribution in [0.2, 0.25) is 0 Å². The summed E-state index contributed by atoms with van der Waals surface area (Å²) in [5.41, 5.74) is 2.75. The summed E-state index contributed by atoms with van der Waals surface area (Å²) in [4.78, 5) is 19.6. The van der Waals surface area contributed by atoms with E-state index in [2.05, 4.69) is 53.2 Å². The normalized spacial score (nSPS) is 26.4. The highest BCUT2D eigenvalue weighted by molar-refractivity contribution is 5.74. The SMILES string of the molecule is CC1(C)C[C@@H]2CN(C(=O)NCCO)C[C@H]1N(c1ccc(N3CCCCC3)cc1)C2. The number of urea groups is 1. The summed E-state index contributed by atoms with van der Waals surface area (Å²) in [6.45, 7) is 9.83. The summed E-state index contributed by atoms with van der Waals surface area (Å²) in [5, 5.41) is 11.9. The van der Waals surface area contributed by atoms with Gasteiger partial charge in [0.1, 0.15) is 0 Å². The number of carbonyl (C=O) groups excluding carboxylic acids is 1. The fraction of sp³-hybridized carbons (Fsp3) is 0.696. The van der Waals surface area contributed by atoms with Crippen molar-refractivity contribution in [1.82, 2.24) is 10.2 Å². The maximum Gasteiger partial charge on any atom is 0.317 e. The smallest absolute Gasteiger partial charge is 0.317 e. The Kier molecular flexibility index (Phi) is 5.91. The van der Waals surface area contributed by atoms with E-state index in [0.717, 1.165) is 26.1 Å². The molecule has 5 rings (SSSR count). The molecule has 2 bridgehead atoms. The fourth-order valence-electron chi connectivity index (χ4n) is 5.57. The van der Waals surface area contributed by atoms with Gasteiger partial charge in [0.05, 0.1) is 12.6 Å². The molecule has 0 radical (unpaired) electrons. The molecule has 2 N–H and O–H groups in total. The number of fused-ring (bicyclic) bond motifs is 4. The standard InChI is InChI=1S/C23H36N4O2/c1-23(2)14-18-15-26(22(29)24-10-13-28)17-21(23)27(16-18)20-8-6-19(7-9-20)25-11-4-3-5-12-25/h6-9,18,21,28H,3-5,10-17H2,1-2H3,(H,24,29)/t18-,21-/m1/s1. The second kappa shape index (κ2) is 8.42. The predicted octanol–water partition coefficient (Wildman–Crippen LogP) is 2.92. The topological polar surface area (TPSA) is 59.1 Å². The molecule has 4 saturated heterocycles. The largest absolute Gasteiger partial charge is 0.395 e. The molecule has 29 heavy (non-hydrogen) atoms. The fourth-order valence-corrected chi connectivity index (χ4v) is 5.57. The zero-order valence-corrected chi connectivity index (χ0v) is 17.9. The van der Waals surface area contributed by atoms with Gasteiger partial charge in [-0.05, 0) is 61.3 Å². The van der Waals surface area contributed by atoms with Crippen LogP contribution < -0.4 is 15.1 Å². The number of hydrogen-bond donors (Lipinski definition) is 2. The van der Waals surface area contributed by atoms with Crippen LogP contribution in [0.25, 0.3) is 0 Å². The first-order valence-corrected chi connectivity index (χ1v) is 11.2. The number of amides is 2.